The van der Waals surface area contributed by atoms with Crippen LogP contribution in [0.5, 0.6) is 5.75 Å². The lowest BCUT2D eigenvalue weighted by molar-refractivity contribution is -0.00866. The number of hydrogen-bond acceptors (Lipinski definition) is 5. The maximum Gasteiger partial charge on any atom is 0.256 e. The third-order valence-electron chi connectivity index (χ3n) is 2.19. The van der Waals surface area contributed by atoms with E-state index in [1.165, 1.54) is 17.2 Å². The fourth-order valence-electron chi connectivity index (χ4n) is 1.21. The largest absolute Gasteiger partial charge is 0.466 e. The molecule has 0 saturated heterocycles. The summed E-state index contributed by atoms with van der Waals surface area (Å²) >= 11 is 5.88. The molecule has 1 aromatic rings. The molecule has 7 heteroatoms. The summed E-state index contributed by atoms with van der Waals surface area (Å²) in [6.45, 7) is 0.982. The normalized spacial score (nSPS) is 10.3. The molecule has 106 valence electrons. The van der Waals surface area contributed by atoms with Gasteiger partial charge in [0, 0.05) is 21.2 Å². The van der Waals surface area contributed by atoms with Crippen LogP contribution in [0.25, 0.3) is 0 Å². The quantitative estimate of drug-likeness (QED) is 0.432. The zero-order chi connectivity index (χ0) is 14.3. The molecule has 1 rings (SSSR count). The van der Waals surface area contributed by atoms with E-state index < -0.39 is 0 Å². The fraction of sp³-hybridized carbons (Fsp3) is 0.500. The number of aromatic nitrogens is 1. The minimum Gasteiger partial charge on any atom is -0.466 e. The molecule has 0 saturated carbocycles. The van der Waals surface area contributed by atoms with E-state index in [0.717, 1.165) is 0 Å². The van der Waals surface area contributed by atoms with Crippen molar-refractivity contribution in [2.45, 2.75) is 0 Å². The molecular formula is C12H17ClN2O4. The second-order valence-corrected chi connectivity index (χ2v) is 4.23. The predicted molar refractivity (Wildman–Crippen MR) is 70.6 cm³/mol. The van der Waals surface area contributed by atoms with Crippen LogP contribution < -0.4 is 4.74 Å². The van der Waals surface area contributed by atoms with E-state index in [4.69, 9.17) is 25.8 Å². The summed E-state index contributed by atoms with van der Waals surface area (Å²) in [6.07, 6.45) is 1.44. The van der Waals surface area contributed by atoms with Gasteiger partial charge in [-0.25, -0.2) is 4.98 Å². The summed E-state index contributed by atoms with van der Waals surface area (Å²) in [5, 5.41) is 0.145. The molecule has 0 fully saturated rings. The Morgan fingerprint density at radius 3 is 2.79 bits per heavy atom. The van der Waals surface area contributed by atoms with Crippen LogP contribution in [0.15, 0.2) is 12.3 Å². The van der Waals surface area contributed by atoms with Crippen LogP contribution in [0.4, 0.5) is 0 Å². The summed E-state index contributed by atoms with van der Waals surface area (Å²) in [4.78, 5) is 17.2. The van der Waals surface area contributed by atoms with Crippen LogP contribution in [0, 0.1) is 0 Å². The first-order valence-corrected chi connectivity index (χ1v) is 6.00. The van der Waals surface area contributed by atoms with Crippen molar-refractivity contribution in [2.75, 3.05) is 41.2 Å². The molecule has 0 aromatic carbocycles. The number of ether oxygens (including phenoxy) is 3. The number of carbonyl (C=O) groups excluding carboxylic acids is 1. The Morgan fingerprint density at radius 2 is 2.16 bits per heavy atom. The van der Waals surface area contributed by atoms with E-state index in [0.29, 0.717) is 24.5 Å². The van der Waals surface area contributed by atoms with Crippen LogP contribution >= 0.6 is 11.6 Å². The SMILES string of the molecule is COCCOCOc1cnc(Cl)c(C(=O)N(C)C)c1. The third-order valence-corrected chi connectivity index (χ3v) is 2.49. The molecule has 6 nitrogen and oxygen atoms in total. The molecule has 0 aliphatic carbocycles. The molecule has 0 bridgehead atoms. The van der Waals surface area contributed by atoms with E-state index in [2.05, 4.69) is 4.98 Å². The van der Waals surface area contributed by atoms with E-state index in [1.54, 1.807) is 21.2 Å². The summed E-state index contributed by atoms with van der Waals surface area (Å²) in [5.41, 5.74) is 0.293. The highest BCUT2D eigenvalue weighted by molar-refractivity contribution is 6.32. The topological polar surface area (TPSA) is 60.9 Å². The molecule has 19 heavy (non-hydrogen) atoms. The van der Waals surface area contributed by atoms with Gasteiger partial charge in [0.05, 0.1) is 25.0 Å². The molecule has 0 unspecified atom stereocenters. The lowest BCUT2D eigenvalue weighted by atomic mass is 10.2. The molecule has 1 heterocycles. The van der Waals surface area contributed by atoms with Crippen LogP contribution in [0.3, 0.4) is 0 Å². The summed E-state index contributed by atoms with van der Waals surface area (Å²) in [7, 11) is 4.87. The van der Waals surface area contributed by atoms with E-state index in [1.807, 2.05) is 0 Å². The second-order valence-electron chi connectivity index (χ2n) is 3.87. The summed E-state index contributed by atoms with van der Waals surface area (Å²) in [5.74, 6) is 0.190. The Labute approximate surface area is 117 Å². The second kappa shape index (κ2) is 7.93. The third kappa shape index (κ3) is 5.02. The fourth-order valence-corrected chi connectivity index (χ4v) is 1.39. The molecule has 0 aliphatic heterocycles. The number of nitrogens with zero attached hydrogens (tertiary/aromatic N) is 2. The summed E-state index contributed by atoms with van der Waals surface area (Å²) < 4.78 is 15.3. The predicted octanol–water partition coefficient (Wildman–Crippen LogP) is 1.44. The Balaban J connectivity index is 2.61. The Kier molecular flexibility index (Phi) is 6.55. The Hall–Kier alpha value is -1.37. The molecule has 0 aliphatic rings. The van der Waals surface area contributed by atoms with Gasteiger partial charge in [-0.1, -0.05) is 11.6 Å². The van der Waals surface area contributed by atoms with Crippen molar-refractivity contribution in [1.29, 1.82) is 0 Å². The van der Waals surface area contributed by atoms with Gasteiger partial charge in [0.2, 0.25) is 0 Å². The van der Waals surface area contributed by atoms with Gasteiger partial charge in [0.25, 0.3) is 5.91 Å². The van der Waals surface area contributed by atoms with Crippen LogP contribution in [-0.2, 0) is 9.47 Å². The number of rotatable bonds is 7. The number of amides is 1. The number of halogens is 1. The molecule has 1 aromatic heterocycles. The van der Waals surface area contributed by atoms with Gasteiger partial charge in [-0.15, -0.1) is 0 Å². The van der Waals surface area contributed by atoms with Crippen molar-refractivity contribution in [1.82, 2.24) is 9.88 Å². The van der Waals surface area contributed by atoms with Gasteiger partial charge >= 0.3 is 0 Å². The molecule has 0 N–H and O–H groups in total. The van der Waals surface area contributed by atoms with Crippen molar-refractivity contribution in [3.63, 3.8) is 0 Å². The first kappa shape index (κ1) is 15.7. The van der Waals surface area contributed by atoms with E-state index >= 15 is 0 Å². The highest BCUT2D eigenvalue weighted by Crippen LogP contribution is 2.20. The van der Waals surface area contributed by atoms with Crippen LogP contribution in [0.1, 0.15) is 10.4 Å². The standard InChI is InChI=1S/C12H17ClN2O4/c1-15(2)12(16)10-6-9(7-14-11(10)13)19-8-18-5-4-17-3/h6-7H,4-5,8H2,1-3H3. The molecule has 1 amide bonds. The average molecular weight is 289 g/mol. The highest BCUT2D eigenvalue weighted by Gasteiger charge is 2.14. The van der Waals surface area contributed by atoms with Crippen molar-refractivity contribution in [3.05, 3.63) is 23.0 Å². The van der Waals surface area contributed by atoms with Gasteiger partial charge in [-0.05, 0) is 6.07 Å². The van der Waals surface area contributed by atoms with Gasteiger partial charge in [0.15, 0.2) is 6.79 Å². The minimum absolute atomic E-state index is 0.0578. The van der Waals surface area contributed by atoms with Gasteiger partial charge < -0.3 is 19.1 Å². The zero-order valence-electron chi connectivity index (χ0n) is 11.2. The molecular weight excluding hydrogens is 272 g/mol. The smallest absolute Gasteiger partial charge is 0.256 e. The molecule has 0 spiro atoms. The van der Waals surface area contributed by atoms with E-state index in [9.17, 15) is 4.79 Å². The summed E-state index contributed by atoms with van der Waals surface area (Å²) in [6, 6.07) is 1.54. The van der Waals surface area contributed by atoms with Crippen molar-refractivity contribution in [3.8, 4) is 5.75 Å². The Morgan fingerprint density at radius 1 is 1.42 bits per heavy atom. The Bertz CT molecular complexity index is 426. The number of carbonyl (C=O) groups is 1. The lowest BCUT2D eigenvalue weighted by Gasteiger charge is -2.12. The molecule has 0 atom stereocenters. The monoisotopic (exact) mass is 288 g/mol. The van der Waals surface area contributed by atoms with Gasteiger partial charge in [-0.3, -0.25) is 4.79 Å². The van der Waals surface area contributed by atoms with Gasteiger partial charge in [0.1, 0.15) is 10.9 Å². The number of pyridine rings is 1. The van der Waals surface area contributed by atoms with Crippen LogP contribution in [-0.4, -0.2) is 57.0 Å². The van der Waals surface area contributed by atoms with Crippen molar-refractivity contribution < 1.29 is 19.0 Å². The average Bonchev–Trinajstić information content (AvgIpc) is 2.39. The maximum absolute atomic E-state index is 11.8. The van der Waals surface area contributed by atoms with Crippen molar-refractivity contribution >= 4 is 17.5 Å². The number of hydrogen-bond donors (Lipinski definition) is 0. The zero-order valence-corrected chi connectivity index (χ0v) is 11.9. The van der Waals surface area contributed by atoms with Gasteiger partial charge in [-0.2, -0.15) is 0 Å². The van der Waals surface area contributed by atoms with Crippen molar-refractivity contribution in [2.24, 2.45) is 0 Å². The number of methoxy groups -OCH3 is 1. The maximum atomic E-state index is 11.8. The first-order chi connectivity index (χ1) is 9.06. The van der Waals surface area contributed by atoms with Crippen LogP contribution in [0.2, 0.25) is 5.15 Å². The lowest BCUT2D eigenvalue weighted by Crippen LogP contribution is -2.22. The first-order valence-electron chi connectivity index (χ1n) is 5.63. The minimum atomic E-state index is -0.233. The molecule has 0 radical (unpaired) electrons. The highest BCUT2D eigenvalue weighted by atomic mass is 35.5. The van der Waals surface area contributed by atoms with E-state index in [-0.39, 0.29) is 17.9 Å².